The Morgan fingerprint density at radius 2 is 2.29 bits per heavy atom. The average Bonchev–Trinajstić information content (AvgIpc) is 2.60. The summed E-state index contributed by atoms with van der Waals surface area (Å²) in [5.41, 5.74) is 0. The first-order chi connectivity index (χ1) is 6.83. The third-order valence-electron chi connectivity index (χ3n) is 2.43. The van der Waals surface area contributed by atoms with Crippen LogP contribution < -0.4 is 4.57 Å². The lowest BCUT2D eigenvalue weighted by Gasteiger charge is -1.99. The second-order valence-electron chi connectivity index (χ2n) is 3.31. The summed E-state index contributed by atoms with van der Waals surface area (Å²) in [5.74, 6) is 1.35. The van der Waals surface area contributed by atoms with Gasteiger partial charge in [-0.05, 0) is 13.3 Å². The molecular weight excluding hydrogens is 174 g/mol. The first-order valence-corrected chi connectivity index (χ1v) is 5.27. The van der Waals surface area contributed by atoms with Gasteiger partial charge in [-0.2, -0.15) is 5.26 Å². The fourth-order valence-electron chi connectivity index (χ4n) is 1.72. The van der Waals surface area contributed by atoms with Crippen LogP contribution in [-0.4, -0.2) is 4.57 Å². The fraction of sp³-hybridized carbons (Fsp3) is 0.636. The molecule has 3 heteroatoms. The average molecular weight is 192 g/mol. The molecule has 1 aromatic heterocycles. The Kier molecular flexibility index (Phi) is 4.18. The lowest BCUT2D eigenvalue weighted by Crippen LogP contribution is -2.36. The molecule has 0 aromatic carbocycles. The minimum atomic E-state index is 0.646. The van der Waals surface area contributed by atoms with E-state index in [1.54, 1.807) is 0 Å². The van der Waals surface area contributed by atoms with Gasteiger partial charge in [0, 0.05) is 12.8 Å². The summed E-state index contributed by atoms with van der Waals surface area (Å²) < 4.78 is 4.51. The van der Waals surface area contributed by atoms with Crippen molar-refractivity contribution in [1.29, 1.82) is 5.26 Å². The molecule has 1 heterocycles. The lowest BCUT2D eigenvalue weighted by atomic mass is 10.3. The Morgan fingerprint density at radius 1 is 1.50 bits per heavy atom. The number of hydrogen-bond donors (Lipinski definition) is 0. The predicted octanol–water partition coefficient (Wildman–Crippen LogP) is 1.66. The lowest BCUT2D eigenvalue weighted by molar-refractivity contribution is -0.704. The third kappa shape index (κ3) is 2.35. The number of nitrogens with zero attached hydrogens (tertiary/aromatic N) is 3. The van der Waals surface area contributed by atoms with Gasteiger partial charge in [0.25, 0.3) is 5.82 Å². The molecule has 0 spiro atoms. The second kappa shape index (κ2) is 5.43. The Bertz CT molecular complexity index is 320. The number of aryl methyl sites for hydroxylation is 2. The molecule has 0 N–H and O–H groups in total. The predicted molar refractivity (Wildman–Crippen MR) is 54.5 cm³/mol. The van der Waals surface area contributed by atoms with Gasteiger partial charge in [-0.25, -0.2) is 9.13 Å². The molecule has 0 aliphatic heterocycles. The van der Waals surface area contributed by atoms with Crippen LogP contribution in [0, 0.1) is 11.3 Å². The number of rotatable bonds is 5. The van der Waals surface area contributed by atoms with E-state index in [0.717, 1.165) is 25.9 Å². The molecule has 3 nitrogen and oxygen atoms in total. The monoisotopic (exact) mass is 192 g/mol. The van der Waals surface area contributed by atoms with Crippen molar-refractivity contribution in [2.45, 2.75) is 46.2 Å². The van der Waals surface area contributed by atoms with Crippen LogP contribution in [-0.2, 0) is 19.5 Å². The molecular formula is C11H18N3+. The molecule has 14 heavy (non-hydrogen) atoms. The van der Waals surface area contributed by atoms with E-state index in [1.165, 1.54) is 5.82 Å². The first-order valence-electron chi connectivity index (χ1n) is 5.27. The quantitative estimate of drug-likeness (QED) is 0.516. The molecule has 0 fully saturated rings. The number of unbranched alkanes of at least 4 members (excludes halogenated alkanes) is 1. The van der Waals surface area contributed by atoms with Gasteiger partial charge in [-0.1, -0.05) is 6.92 Å². The van der Waals surface area contributed by atoms with Crippen LogP contribution in [0.5, 0.6) is 0 Å². The molecule has 0 aliphatic rings. The second-order valence-corrected chi connectivity index (χ2v) is 3.31. The zero-order valence-electron chi connectivity index (χ0n) is 9.03. The van der Waals surface area contributed by atoms with Crippen LogP contribution in [0.3, 0.4) is 0 Å². The van der Waals surface area contributed by atoms with Crippen molar-refractivity contribution >= 4 is 0 Å². The van der Waals surface area contributed by atoms with Gasteiger partial charge in [0.1, 0.15) is 12.4 Å². The largest absolute Gasteiger partial charge is 0.256 e. The van der Waals surface area contributed by atoms with Crippen LogP contribution in [0.15, 0.2) is 12.4 Å². The van der Waals surface area contributed by atoms with E-state index in [2.05, 4.69) is 41.4 Å². The Labute approximate surface area is 85.6 Å². The Morgan fingerprint density at radius 3 is 2.86 bits per heavy atom. The minimum absolute atomic E-state index is 0.646. The van der Waals surface area contributed by atoms with E-state index in [4.69, 9.17) is 5.26 Å². The molecule has 0 saturated heterocycles. The first kappa shape index (κ1) is 10.8. The fourth-order valence-corrected chi connectivity index (χ4v) is 1.72. The van der Waals surface area contributed by atoms with Crippen molar-refractivity contribution < 1.29 is 4.57 Å². The maximum atomic E-state index is 8.46. The number of aromatic nitrogens is 2. The summed E-state index contributed by atoms with van der Waals surface area (Å²) in [4.78, 5) is 0. The maximum absolute atomic E-state index is 8.46. The maximum Gasteiger partial charge on any atom is 0.256 e. The van der Waals surface area contributed by atoms with Gasteiger partial charge < -0.3 is 0 Å². The SMILES string of the molecule is CCc1n(CC)cc[n+]1CCCC#N. The van der Waals surface area contributed by atoms with Crippen molar-refractivity contribution in [2.75, 3.05) is 0 Å². The van der Waals surface area contributed by atoms with Gasteiger partial charge in [0.2, 0.25) is 0 Å². The van der Waals surface area contributed by atoms with E-state index in [0.29, 0.717) is 6.42 Å². The summed E-state index contributed by atoms with van der Waals surface area (Å²) in [6.07, 6.45) is 6.87. The topological polar surface area (TPSA) is 32.6 Å². The van der Waals surface area contributed by atoms with E-state index in [9.17, 15) is 0 Å². The highest BCUT2D eigenvalue weighted by atomic mass is 15.1. The summed E-state index contributed by atoms with van der Waals surface area (Å²) in [6, 6.07) is 2.18. The molecule has 1 aromatic rings. The highest BCUT2D eigenvalue weighted by Gasteiger charge is 2.12. The van der Waals surface area contributed by atoms with Gasteiger partial charge in [0.15, 0.2) is 0 Å². The van der Waals surface area contributed by atoms with E-state index in [1.807, 2.05) is 0 Å². The van der Waals surface area contributed by atoms with Crippen LogP contribution >= 0.6 is 0 Å². The van der Waals surface area contributed by atoms with Gasteiger partial charge in [-0.3, -0.25) is 0 Å². The van der Waals surface area contributed by atoms with Crippen molar-refractivity contribution in [2.24, 2.45) is 0 Å². The van der Waals surface area contributed by atoms with Gasteiger partial charge in [-0.15, -0.1) is 0 Å². The van der Waals surface area contributed by atoms with Crippen LogP contribution in [0.1, 0.15) is 32.5 Å². The summed E-state index contributed by atoms with van der Waals surface area (Å²) in [5, 5.41) is 8.46. The number of imidazole rings is 1. The summed E-state index contributed by atoms with van der Waals surface area (Å²) in [7, 11) is 0. The van der Waals surface area contributed by atoms with Crippen molar-refractivity contribution in [3.05, 3.63) is 18.2 Å². The Balaban J connectivity index is 2.67. The molecule has 0 unspecified atom stereocenters. The number of nitriles is 1. The zero-order chi connectivity index (χ0) is 10.4. The molecule has 0 atom stereocenters. The third-order valence-corrected chi connectivity index (χ3v) is 2.43. The van der Waals surface area contributed by atoms with Crippen LogP contribution in [0.4, 0.5) is 0 Å². The standard InChI is InChI=1S/C11H18N3/c1-3-11-13(4-2)9-10-14(11)8-6-5-7-12/h9-10H,3-6,8H2,1-2H3/q+1. The molecule has 1 rings (SSSR count). The highest BCUT2D eigenvalue weighted by Crippen LogP contribution is 1.98. The zero-order valence-corrected chi connectivity index (χ0v) is 9.03. The molecule has 0 bridgehead atoms. The molecule has 0 aliphatic carbocycles. The van der Waals surface area contributed by atoms with E-state index in [-0.39, 0.29) is 0 Å². The van der Waals surface area contributed by atoms with Crippen molar-refractivity contribution in [1.82, 2.24) is 4.57 Å². The highest BCUT2D eigenvalue weighted by molar-refractivity contribution is 4.82. The smallest absolute Gasteiger partial charge is 0.235 e. The molecule has 0 saturated carbocycles. The van der Waals surface area contributed by atoms with Gasteiger partial charge in [0.05, 0.1) is 19.2 Å². The summed E-state index contributed by atoms with van der Waals surface area (Å²) >= 11 is 0. The summed E-state index contributed by atoms with van der Waals surface area (Å²) in [6.45, 7) is 6.30. The van der Waals surface area contributed by atoms with Crippen molar-refractivity contribution in [3.63, 3.8) is 0 Å². The van der Waals surface area contributed by atoms with Crippen LogP contribution in [0.2, 0.25) is 0 Å². The van der Waals surface area contributed by atoms with Crippen LogP contribution in [0.25, 0.3) is 0 Å². The van der Waals surface area contributed by atoms with Gasteiger partial charge >= 0.3 is 0 Å². The minimum Gasteiger partial charge on any atom is -0.235 e. The number of hydrogen-bond acceptors (Lipinski definition) is 1. The van der Waals surface area contributed by atoms with E-state index < -0.39 is 0 Å². The Hall–Kier alpha value is -1.30. The van der Waals surface area contributed by atoms with E-state index >= 15 is 0 Å². The molecule has 76 valence electrons. The molecule has 0 amide bonds. The normalized spacial score (nSPS) is 10.1. The molecule has 0 radical (unpaired) electrons. The van der Waals surface area contributed by atoms with Crippen molar-refractivity contribution in [3.8, 4) is 6.07 Å².